The van der Waals surface area contributed by atoms with Crippen molar-refractivity contribution in [3.05, 3.63) is 17.8 Å². The van der Waals surface area contributed by atoms with Crippen LogP contribution in [0.4, 0.5) is 0 Å². The van der Waals surface area contributed by atoms with Crippen LogP contribution in [-0.4, -0.2) is 30.0 Å². The molecule has 0 saturated heterocycles. The molecule has 0 atom stereocenters. The second-order valence-electron chi connectivity index (χ2n) is 3.81. The van der Waals surface area contributed by atoms with Crippen LogP contribution in [0.15, 0.2) is 12.1 Å². The van der Waals surface area contributed by atoms with Gasteiger partial charge in [-0.25, -0.2) is 0 Å². The molecule has 0 fully saturated rings. The van der Waals surface area contributed by atoms with E-state index < -0.39 is 0 Å². The minimum absolute atomic E-state index is 0.366. The highest BCUT2D eigenvalue weighted by Crippen LogP contribution is 2.06. The van der Waals surface area contributed by atoms with Crippen molar-refractivity contribution in [2.24, 2.45) is 5.92 Å². The molecule has 0 aliphatic carbocycles. The van der Waals surface area contributed by atoms with Gasteiger partial charge in [0.2, 0.25) is 5.88 Å². The van der Waals surface area contributed by atoms with E-state index in [0.717, 1.165) is 12.3 Å². The van der Waals surface area contributed by atoms with Crippen molar-refractivity contribution < 1.29 is 9.47 Å². The highest BCUT2D eigenvalue weighted by Gasteiger charge is 1.98. The van der Waals surface area contributed by atoms with Gasteiger partial charge in [0.05, 0.1) is 18.2 Å². The number of ether oxygens (including phenoxy) is 2. The van der Waals surface area contributed by atoms with Crippen LogP contribution < -0.4 is 4.74 Å². The Labute approximate surface area is 101 Å². The Morgan fingerprint density at radius 2 is 2.06 bits per heavy atom. The second-order valence-corrected chi connectivity index (χ2v) is 4.08. The Morgan fingerprint density at radius 1 is 1.25 bits per heavy atom. The zero-order valence-electron chi connectivity index (χ0n) is 9.65. The fourth-order valence-electron chi connectivity index (χ4n) is 1.02. The maximum Gasteiger partial charge on any atom is 0.233 e. The van der Waals surface area contributed by atoms with Crippen molar-refractivity contribution in [1.82, 2.24) is 10.2 Å². The number of alkyl halides is 1. The van der Waals surface area contributed by atoms with Gasteiger partial charge in [0.25, 0.3) is 0 Å². The molecule has 0 unspecified atom stereocenters. The molecule has 0 N–H and O–H groups in total. The van der Waals surface area contributed by atoms with Gasteiger partial charge in [0.1, 0.15) is 6.61 Å². The average molecular weight is 245 g/mol. The summed E-state index contributed by atoms with van der Waals surface area (Å²) in [6.07, 6.45) is 0. The Morgan fingerprint density at radius 3 is 2.62 bits per heavy atom. The summed E-state index contributed by atoms with van der Waals surface area (Å²) in [5.41, 5.74) is 0.741. The molecule has 1 heterocycles. The first-order valence-corrected chi connectivity index (χ1v) is 5.85. The van der Waals surface area contributed by atoms with Gasteiger partial charge in [-0.05, 0) is 12.0 Å². The third kappa shape index (κ3) is 5.28. The zero-order chi connectivity index (χ0) is 11.8. The predicted molar refractivity (Wildman–Crippen MR) is 62.7 cm³/mol. The smallest absolute Gasteiger partial charge is 0.233 e. The molecule has 90 valence electrons. The summed E-state index contributed by atoms with van der Waals surface area (Å²) in [5.74, 6) is 1.41. The van der Waals surface area contributed by atoms with Gasteiger partial charge in [-0.1, -0.05) is 13.8 Å². The van der Waals surface area contributed by atoms with E-state index in [1.807, 2.05) is 0 Å². The maximum absolute atomic E-state index is 5.59. The van der Waals surface area contributed by atoms with E-state index in [1.54, 1.807) is 12.1 Å². The Balaban J connectivity index is 2.16. The van der Waals surface area contributed by atoms with E-state index >= 15 is 0 Å². The molecule has 1 aromatic heterocycles. The van der Waals surface area contributed by atoms with Crippen LogP contribution in [0.1, 0.15) is 19.5 Å². The highest BCUT2D eigenvalue weighted by atomic mass is 35.5. The molecule has 0 radical (unpaired) electrons. The van der Waals surface area contributed by atoms with Gasteiger partial charge in [-0.3, -0.25) is 0 Å². The molecular weight excluding hydrogens is 228 g/mol. The van der Waals surface area contributed by atoms with Crippen molar-refractivity contribution in [2.75, 3.05) is 19.8 Å². The van der Waals surface area contributed by atoms with Crippen molar-refractivity contribution in [2.45, 2.75) is 19.7 Å². The minimum Gasteiger partial charge on any atom is -0.474 e. The number of rotatable bonds is 7. The lowest BCUT2D eigenvalue weighted by atomic mass is 10.2. The summed E-state index contributed by atoms with van der Waals surface area (Å²) in [5, 5.41) is 7.75. The molecule has 5 heteroatoms. The molecule has 0 aliphatic rings. The zero-order valence-corrected chi connectivity index (χ0v) is 10.4. The lowest BCUT2D eigenvalue weighted by Gasteiger charge is -2.07. The molecule has 1 aromatic rings. The number of halogens is 1. The van der Waals surface area contributed by atoms with Crippen molar-refractivity contribution in [3.8, 4) is 5.88 Å². The van der Waals surface area contributed by atoms with Gasteiger partial charge >= 0.3 is 0 Å². The van der Waals surface area contributed by atoms with Crippen LogP contribution in [0.3, 0.4) is 0 Å². The predicted octanol–water partition coefficient (Wildman–Crippen LogP) is 2.27. The summed E-state index contributed by atoms with van der Waals surface area (Å²) in [7, 11) is 0. The first-order valence-electron chi connectivity index (χ1n) is 5.31. The molecule has 0 aromatic carbocycles. The fraction of sp³-hybridized carbons (Fsp3) is 0.636. The topological polar surface area (TPSA) is 44.2 Å². The fourth-order valence-corrected chi connectivity index (χ4v) is 1.16. The van der Waals surface area contributed by atoms with E-state index in [2.05, 4.69) is 24.0 Å². The van der Waals surface area contributed by atoms with E-state index in [0.29, 0.717) is 30.9 Å². The summed E-state index contributed by atoms with van der Waals surface area (Å²) < 4.78 is 10.7. The molecule has 0 amide bonds. The lowest BCUT2D eigenvalue weighted by molar-refractivity contribution is 0.0803. The molecule has 0 bridgehead atoms. The monoisotopic (exact) mass is 244 g/mol. The first-order chi connectivity index (χ1) is 7.72. The standard InChI is InChI=1S/C11H17ClN2O2/c1-9(2)8-15-5-6-16-11-4-3-10(7-12)13-14-11/h3-4,9H,5-8H2,1-2H3. The quantitative estimate of drug-likeness (QED) is 0.545. The van der Waals surface area contributed by atoms with Crippen molar-refractivity contribution in [1.29, 1.82) is 0 Å². The first kappa shape index (κ1) is 13.2. The van der Waals surface area contributed by atoms with E-state index in [4.69, 9.17) is 21.1 Å². The van der Waals surface area contributed by atoms with Gasteiger partial charge in [0.15, 0.2) is 0 Å². The van der Waals surface area contributed by atoms with Gasteiger partial charge < -0.3 is 9.47 Å². The van der Waals surface area contributed by atoms with Crippen molar-refractivity contribution >= 4 is 11.6 Å². The van der Waals surface area contributed by atoms with E-state index in [1.165, 1.54) is 0 Å². The maximum atomic E-state index is 5.59. The van der Waals surface area contributed by atoms with Crippen LogP contribution in [0.2, 0.25) is 0 Å². The number of hydrogen-bond acceptors (Lipinski definition) is 4. The van der Waals surface area contributed by atoms with Crippen LogP contribution in [0.5, 0.6) is 5.88 Å². The van der Waals surface area contributed by atoms with Crippen LogP contribution >= 0.6 is 11.6 Å². The molecular formula is C11H17ClN2O2. The molecule has 16 heavy (non-hydrogen) atoms. The normalized spacial score (nSPS) is 10.8. The number of hydrogen-bond donors (Lipinski definition) is 0. The molecule has 0 saturated carbocycles. The summed E-state index contributed by atoms with van der Waals surface area (Å²) in [4.78, 5) is 0. The Hall–Kier alpha value is -0.870. The van der Waals surface area contributed by atoms with E-state index in [9.17, 15) is 0 Å². The summed E-state index contributed by atoms with van der Waals surface area (Å²) in [6.45, 7) is 6.02. The summed E-state index contributed by atoms with van der Waals surface area (Å²) >= 11 is 5.59. The average Bonchev–Trinajstić information content (AvgIpc) is 2.29. The third-order valence-corrected chi connectivity index (χ3v) is 2.03. The van der Waals surface area contributed by atoms with Crippen LogP contribution in [0, 0.1) is 5.92 Å². The van der Waals surface area contributed by atoms with E-state index in [-0.39, 0.29) is 0 Å². The van der Waals surface area contributed by atoms with Gasteiger partial charge in [0, 0.05) is 12.7 Å². The molecule has 4 nitrogen and oxygen atoms in total. The lowest BCUT2D eigenvalue weighted by Crippen LogP contribution is -2.11. The summed E-state index contributed by atoms with van der Waals surface area (Å²) in [6, 6.07) is 3.55. The number of nitrogens with zero attached hydrogens (tertiary/aromatic N) is 2. The molecule has 0 spiro atoms. The third-order valence-electron chi connectivity index (χ3n) is 1.76. The minimum atomic E-state index is 0.366. The highest BCUT2D eigenvalue weighted by molar-refractivity contribution is 6.16. The number of aromatic nitrogens is 2. The SMILES string of the molecule is CC(C)COCCOc1ccc(CCl)nn1. The van der Waals surface area contributed by atoms with Crippen LogP contribution in [-0.2, 0) is 10.6 Å². The van der Waals surface area contributed by atoms with Gasteiger partial charge in [-0.2, -0.15) is 5.10 Å². The molecule has 0 aliphatic heterocycles. The Kier molecular flexibility index (Phi) is 6.11. The second kappa shape index (κ2) is 7.41. The Bertz CT molecular complexity index is 291. The molecule has 1 rings (SSSR count). The largest absolute Gasteiger partial charge is 0.474 e. The van der Waals surface area contributed by atoms with Gasteiger partial charge in [-0.15, -0.1) is 16.7 Å². The van der Waals surface area contributed by atoms with Crippen molar-refractivity contribution in [3.63, 3.8) is 0 Å². The van der Waals surface area contributed by atoms with Crippen LogP contribution in [0.25, 0.3) is 0 Å².